The molecule has 2 aliphatic carbocycles. The van der Waals surface area contributed by atoms with E-state index in [0.717, 1.165) is 36.3 Å². The normalized spacial score (nSPS) is 28.5. The summed E-state index contributed by atoms with van der Waals surface area (Å²) in [6.45, 7) is 0.984. The summed E-state index contributed by atoms with van der Waals surface area (Å²) in [5.74, 6) is 2.75. The summed E-state index contributed by atoms with van der Waals surface area (Å²) >= 11 is 0. The molecule has 0 spiro atoms. The Hall–Kier alpha value is -1.68. The fraction of sp³-hybridized carbons (Fsp3) is 0.467. The molecule has 4 heteroatoms. The molecule has 2 heterocycles. The van der Waals surface area contributed by atoms with Crippen LogP contribution in [0.2, 0.25) is 0 Å². The first-order valence-corrected chi connectivity index (χ1v) is 7.10. The van der Waals surface area contributed by atoms with Crippen molar-refractivity contribution in [1.29, 1.82) is 0 Å². The Morgan fingerprint density at radius 2 is 2.32 bits per heavy atom. The molecule has 19 heavy (non-hydrogen) atoms. The summed E-state index contributed by atoms with van der Waals surface area (Å²) in [4.78, 5) is 0. The van der Waals surface area contributed by atoms with Gasteiger partial charge in [0.25, 0.3) is 0 Å². The predicted molar refractivity (Wildman–Crippen MR) is 73.8 cm³/mol. The van der Waals surface area contributed by atoms with Crippen molar-refractivity contribution in [2.75, 3.05) is 6.54 Å². The Kier molecular flexibility index (Phi) is 2.62. The van der Waals surface area contributed by atoms with E-state index in [0.29, 0.717) is 6.04 Å². The average molecular weight is 254 g/mol. The van der Waals surface area contributed by atoms with Crippen LogP contribution in [0.15, 0.2) is 36.5 Å². The van der Waals surface area contributed by atoms with Gasteiger partial charge < -0.3 is 5.32 Å². The molecule has 0 amide bonds. The van der Waals surface area contributed by atoms with Gasteiger partial charge in [0, 0.05) is 25.2 Å². The van der Waals surface area contributed by atoms with Gasteiger partial charge in [0.2, 0.25) is 0 Å². The molecule has 3 atom stereocenters. The molecule has 0 bridgehead atoms. The lowest BCUT2D eigenvalue weighted by Gasteiger charge is -2.40. The maximum atomic E-state index is 4.26. The largest absolute Gasteiger partial charge is 0.313 e. The second-order valence-electron chi connectivity index (χ2n) is 5.59. The number of pyridine rings is 1. The van der Waals surface area contributed by atoms with Crippen molar-refractivity contribution in [1.82, 2.24) is 19.9 Å². The molecule has 1 N–H and O–H groups in total. The zero-order valence-electron chi connectivity index (χ0n) is 10.9. The molecular formula is C15H18N4. The summed E-state index contributed by atoms with van der Waals surface area (Å²) < 4.78 is 2.07. The van der Waals surface area contributed by atoms with E-state index >= 15 is 0 Å². The van der Waals surface area contributed by atoms with Gasteiger partial charge in [0.05, 0.1) is 0 Å². The smallest absolute Gasteiger partial charge is 0.160 e. The third-order valence-corrected chi connectivity index (χ3v) is 4.50. The monoisotopic (exact) mass is 254 g/mol. The van der Waals surface area contributed by atoms with Crippen LogP contribution < -0.4 is 5.32 Å². The Morgan fingerprint density at radius 1 is 1.32 bits per heavy atom. The van der Waals surface area contributed by atoms with Crippen molar-refractivity contribution < 1.29 is 0 Å². The number of rotatable bonds is 4. The topological polar surface area (TPSA) is 42.2 Å². The molecule has 0 aromatic carbocycles. The lowest BCUT2D eigenvalue weighted by atomic mass is 9.71. The van der Waals surface area contributed by atoms with Crippen LogP contribution in [-0.2, 0) is 6.42 Å². The standard InChI is InChI=1S/C15H18N4/c1-2-9-19-14(6-1)17-18-15(19)7-8-16-13-10-11-4-3-5-12(11)13/h1-3,5-6,9,11-13,16H,4,7-8,10H2/t11-,12+,13+/m0/s1. The highest BCUT2D eigenvalue weighted by Crippen LogP contribution is 2.42. The highest BCUT2D eigenvalue weighted by atomic mass is 15.2. The van der Waals surface area contributed by atoms with Crippen molar-refractivity contribution in [2.24, 2.45) is 11.8 Å². The van der Waals surface area contributed by atoms with Crippen molar-refractivity contribution in [2.45, 2.75) is 25.3 Å². The van der Waals surface area contributed by atoms with Crippen LogP contribution in [0.1, 0.15) is 18.7 Å². The van der Waals surface area contributed by atoms with E-state index in [1.807, 2.05) is 24.4 Å². The van der Waals surface area contributed by atoms with Crippen LogP contribution >= 0.6 is 0 Å². The van der Waals surface area contributed by atoms with E-state index in [1.54, 1.807) is 0 Å². The average Bonchev–Trinajstić information content (AvgIpc) is 2.99. The van der Waals surface area contributed by atoms with Crippen LogP contribution in [0.3, 0.4) is 0 Å². The molecule has 4 nitrogen and oxygen atoms in total. The zero-order chi connectivity index (χ0) is 12.7. The minimum absolute atomic E-state index is 0.683. The van der Waals surface area contributed by atoms with E-state index in [2.05, 4.69) is 32.1 Å². The van der Waals surface area contributed by atoms with Crippen LogP contribution in [0, 0.1) is 11.8 Å². The first-order chi connectivity index (χ1) is 9.42. The third kappa shape index (κ3) is 1.87. The first kappa shape index (κ1) is 11.2. The highest BCUT2D eigenvalue weighted by molar-refractivity contribution is 5.37. The van der Waals surface area contributed by atoms with Gasteiger partial charge in [-0.15, -0.1) is 10.2 Å². The molecule has 1 fully saturated rings. The van der Waals surface area contributed by atoms with Gasteiger partial charge >= 0.3 is 0 Å². The number of nitrogens with zero attached hydrogens (tertiary/aromatic N) is 3. The van der Waals surface area contributed by atoms with Gasteiger partial charge in [-0.1, -0.05) is 18.2 Å². The van der Waals surface area contributed by atoms with Crippen molar-refractivity contribution >= 4 is 5.65 Å². The summed E-state index contributed by atoms with van der Waals surface area (Å²) in [6, 6.07) is 6.69. The summed E-state index contributed by atoms with van der Waals surface area (Å²) in [5, 5.41) is 12.1. The predicted octanol–water partition coefficient (Wildman–Crippen LogP) is 1.83. The third-order valence-electron chi connectivity index (χ3n) is 4.50. The lowest BCUT2D eigenvalue weighted by Crippen LogP contribution is -2.48. The Labute approximate surface area is 112 Å². The summed E-state index contributed by atoms with van der Waals surface area (Å²) in [5.41, 5.74) is 0.930. The minimum Gasteiger partial charge on any atom is -0.313 e. The molecule has 0 unspecified atom stereocenters. The molecule has 2 aromatic rings. The van der Waals surface area contributed by atoms with Crippen LogP contribution in [-0.4, -0.2) is 27.2 Å². The molecule has 2 aromatic heterocycles. The summed E-state index contributed by atoms with van der Waals surface area (Å²) in [7, 11) is 0. The lowest BCUT2D eigenvalue weighted by molar-refractivity contribution is 0.164. The Balaban J connectivity index is 1.36. The fourth-order valence-electron chi connectivity index (χ4n) is 3.38. The van der Waals surface area contributed by atoms with E-state index in [1.165, 1.54) is 12.8 Å². The van der Waals surface area contributed by atoms with Crippen molar-refractivity contribution in [3.8, 4) is 0 Å². The number of hydrogen-bond donors (Lipinski definition) is 1. The quantitative estimate of drug-likeness (QED) is 0.846. The van der Waals surface area contributed by atoms with Gasteiger partial charge in [-0.3, -0.25) is 4.40 Å². The fourth-order valence-corrected chi connectivity index (χ4v) is 3.38. The van der Waals surface area contributed by atoms with E-state index < -0.39 is 0 Å². The molecule has 1 saturated carbocycles. The van der Waals surface area contributed by atoms with Crippen LogP contribution in [0.4, 0.5) is 0 Å². The maximum absolute atomic E-state index is 4.26. The molecule has 0 aliphatic heterocycles. The minimum atomic E-state index is 0.683. The Bertz CT molecular complexity index is 615. The SMILES string of the molecule is C1=C[C@@H]2[C@@H](C1)C[C@H]2NCCc1nnc2ccccn12. The molecule has 2 aliphatic rings. The van der Waals surface area contributed by atoms with Crippen molar-refractivity contribution in [3.05, 3.63) is 42.4 Å². The Morgan fingerprint density at radius 3 is 3.26 bits per heavy atom. The maximum Gasteiger partial charge on any atom is 0.160 e. The van der Waals surface area contributed by atoms with Gasteiger partial charge in [-0.25, -0.2) is 0 Å². The van der Waals surface area contributed by atoms with Gasteiger partial charge in [-0.2, -0.15) is 0 Å². The number of fused-ring (bicyclic) bond motifs is 2. The van der Waals surface area contributed by atoms with E-state index in [-0.39, 0.29) is 0 Å². The van der Waals surface area contributed by atoms with Gasteiger partial charge in [0.15, 0.2) is 5.65 Å². The molecular weight excluding hydrogens is 236 g/mol. The molecule has 98 valence electrons. The molecule has 0 radical (unpaired) electrons. The van der Waals surface area contributed by atoms with Crippen LogP contribution in [0.25, 0.3) is 5.65 Å². The number of allylic oxidation sites excluding steroid dienone is 1. The van der Waals surface area contributed by atoms with Gasteiger partial charge in [0.1, 0.15) is 5.82 Å². The number of hydrogen-bond acceptors (Lipinski definition) is 3. The van der Waals surface area contributed by atoms with E-state index in [9.17, 15) is 0 Å². The number of nitrogens with one attached hydrogen (secondary N) is 1. The summed E-state index contributed by atoms with van der Waals surface area (Å²) in [6.07, 6.45) is 10.3. The number of aromatic nitrogens is 3. The van der Waals surface area contributed by atoms with Crippen molar-refractivity contribution in [3.63, 3.8) is 0 Å². The van der Waals surface area contributed by atoms with E-state index in [4.69, 9.17) is 0 Å². The second-order valence-corrected chi connectivity index (χ2v) is 5.59. The van der Waals surface area contributed by atoms with Gasteiger partial charge in [-0.05, 0) is 36.8 Å². The van der Waals surface area contributed by atoms with Crippen LogP contribution in [0.5, 0.6) is 0 Å². The molecule has 0 saturated heterocycles. The first-order valence-electron chi connectivity index (χ1n) is 7.10. The highest BCUT2D eigenvalue weighted by Gasteiger charge is 2.40. The molecule has 4 rings (SSSR count). The second kappa shape index (κ2) is 4.46. The zero-order valence-corrected chi connectivity index (χ0v) is 10.9.